The van der Waals surface area contributed by atoms with E-state index in [-0.39, 0.29) is 0 Å². The van der Waals surface area contributed by atoms with Gasteiger partial charge in [0.25, 0.3) is 0 Å². The number of nitrogens with one attached hydrogen (secondary N) is 1. The van der Waals surface area contributed by atoms with Gasteiger partial charge in [0.05, 0.1) is 5.69 Å². The van der Waals surface area contributed by atoms with Crippen molar-refractivity contribution in [2.24, 2.45) is 0 Å². The van der Waals surface area contributed by atoms with Gasteiger partial charge in [-0.3, -0.25) is 5.10 Å². The van der Waals surface area contributed by atoms with Crippen LogP contribution < -0.4 is 5.73 Å². The number of hydrogen-bond acceptors (Lipinski definition) is 2. The Morgan fingerprint density at radius 1 is 1.00 bits per heavy atom. The Morgan fingerprint density at radius 3 is 2.25 bits per heavy atom. The highest BCUT2D eigenvalue weighted by Gasteiger charge is 2.10. The Morgan fingerprint density at radius 2 is 1.69 bits per heavy atom. The molecule has 1 aromatic heterocycles. The van der Waals surface area contributed by atoms with Gasteiger partial charge in [-0.05, 0) is 56.0 Å². The minimum atomic E-state index is 0.533. The first-order valence-corrected chi connectivity index (χ1v) is 5.39. The summed E-state index contributed by atoms with van der Waals surface area (Å²) in [5, 5.41) is 6.93. The van der Waals surface area contributed by atoms with Gasteiger partial charge in [0.15, 0.2) is 0 Å². The fourth-order valence-electron chi connectivity index (χ4n) is 1.97. The van der Waals surface area contributed by atoms with Gasteiger partial charge in [-0.1, -0.05) is 0 Å². The number of nitrogens with zero attached hydrogens (tertiary/aromatic N) is 1. The predicted molar refractivity (Wildman–Crippen MR) is 67.4 cm³/mol. The molecule has 3 nitrogen and oxygen atoms in total. The largest absolute Gasteiger partial charge is 0.382 e. The lowest BCUT2D eigenvalue weighted by Gasteiger charge is -2.12. The molecule has 2 aromatic rings. The third kappa shape index (κ3) is 1.58. The Labute approximate surface area is 95.7 Å². The first-order valence-electron chi connectivity index (χ1n) is 5.39. The minimum Gasteiger partial charge on any atom is -0.382 e. The van der Waals surface area contributed by atoms with E-state index in [0.29, 0.717) is 5.82 Å². The van der Waals surface area contributed by atoms with Crippen molar-refractivity contribution in [1.82, 2.24) is 10.2 Å². The highest BCUT2D eigenvalue weighted by atomic mass is 15.2. The van der Waals surface area contributed by atoms with E-state index in [4.69, 9.17) is 5.73 Å². The van der Waals surface area contributed by atoms with Gasteiger partial charge in [-0.25, -0.2) is 0 Å². The molecule has 1 aromatic carbocycles. The molecule has 0 bridgehead atoms. The topological polar surface area (TPSA) is 54.7 Å². The number of anilines is 1. The lowest BCUT2D eigenvalue weighted by molar-refractivity contribution is 1.10. The van der Waals surface area contributed by atoms with Crippen molar-refractivity contribution in [1.29, 1.82) is 0 Å². The van der Waals surface area contributed by atoms with Crippen LogP contribution >= 0.6 is 0 Å². The van der Waals surface area contributed by atoms with E-state index in [9.17, 15) is 0 Å². The van der Waals surface area contributed by atoms with Crippen molar-refractivity contribution in [3.63, 3.8) is 0 Å². The number of nitrogen functional groups attached to an aromatic ring is 1. The van der Waals surface area contributed by atoms with Crippen LogP contribution in [0.4, 0.5) is 5.82 Å². The molecule has 84 valence electrons. The highest BCUT2D eigenvalue weighted by Crippen LogP contribution is 2.29. The molecule has 0 fully saturated rings. The van der Waals surface area contributed by atoms with Crippen molar-refractivity contribution in [3.8, 4) is 11.3 Å². The number of nitrogens with two attached hydrogens (primary N) is 1. The van der Waals surface area contributed by atoms with E-state index in [1.165, 1.54) is 27.8 Å². The Balaban J connectivity index is 2.66. The minimum absolute atomic E-state index is 0.533. The molecule has 16 heavy (non-hydrogen) atoms. The predicted octanol–water partition coefficient (Wildman–Crippen LogP) is 2.89. The number of hydrogen-bond donors (Lipinski definition) is 2. The molecule has 3 N–H and O–H groups in total. The van der Waals surface area contributed by atoms with Crippen molar-refractivity contribution in [3.05, 3.63) is 34.4 Å². The summed E-state index contributed by atoms with van der Waals surface area (Å²) in [6, 6.07) is 4.06. The molecular formula is C13H17N3. The van der Waals surface area contributed by atoms with E-state index in [2.05, 4.69) is 44.0 Å². The highest BCUT2D eigenvalue weighted by molar-refractivity contribution is 5.69. The van der Waals surface area contributed by atoms with Gasteiger partial charge < -0.3 is 5.73 Å². The van der Waals surface area contributed by atoms with E-state index in [0.717, 1.165) is 5.69 Å². The third-order valence-electron chi connectivity index (χ3n) is 3.37. The number of rotatable bonds is 1. The second kappa shape index (κ2) is 3.67. The first kappa shape index (κ1) is 10.7. The zero-order valence-electron chi connectivity index (χ0n) is 10.2. The van der Waals surface area contributed by atoms with Crippen LogP contribution in [0.1, 0.15) is 22.3 Å². The molecule has 0 spiro atoms. The number of aryl methyl sites for hydroxylation is 1. The Kier molecular flexibility index (Phi) is 2.46. The maximum absolute atomic E-state index is 5.63. The van der Waals surface area contributed by atoms with Crippen molar-refractivity contribution >= 4 is 5.82 Å². The van der Waals surface area contributed by atoms with Crippen LogP contribution in [0.25, 0.3) is 11.3 Å². The maximum atomic E-state index is 5.63. The average Bonchev–Trinajstić information content (AvgIpc) is 2.67. The van der Waals surface area contributed by atoms with Crippen LogP contribution in [-0.2, 0) is 0 Å². The number of aromatic nitrogens is 2. The number of aromatic amines is 1. The summed E-state index contributed by atoms with van der Waals surface area (Å²) in [6.07, 6.45) is 0. The molecule has 3 heteroatoms. The van der Waals surface area contributed by atoms with Gasteiger partial charge in [-0.2, -0.15) is 5.10 Å². The Bertz CT molecular complexity index is 538. The summed E-state index contributed by atoms with van der Waals surface area (Å²) >= 11 is 0. The lowest BCUT2D eigenvalue weighted by Crippen LogP contribution is -1.94. The fourth-order valence-corrected chi connectivity index (χ4v) is 1.97. The summed E-state index contributed by atoms with van der Waals surface area (Å²) < 4.78 is 0. The van der Waals surface area contributed by atoms with Crippen molar-refractivity contribution < 1.29 is 0 Å². The molecule has 0 radical (unpaired) electrons. The van der Waals surface area contributed by atoms with Crippen LogP contribution in [0.3, 0.4) is 0 Å². The van der Waals surface area contributed by atoms with Gasteiger partial charge >= 0.3 is 0 Å². The SMILES string of the molecule is Cc1cc(-c2cc(N)n[nH]2)c(C)c(C)c1C. The van der Waals surface area contributed by atoms with Gasteiger partial charge in [0.2, 0.25) is 0 Å². The standard InChI is InChI=1S/C13H17N3/c1-7-5-11(10(4)9(3)8(7)2)12-6-13(14)16-15-12/h5-6H,1-4H3,(H3,14,15,16). The quantitative estimate of drug-likeness (QED) is 0.768. The van der Waals surface area contributed by atoms with Gasteiger partial charge in [-0.15, -0.1) is 0 Å². The molecule has 2 rings (SSSR count). The first-order chi connectivity index (χ1) is 7.50. The van der Waals surface area contributed by atoms with E-state index < -0.39 is 0 Å². The number of benzene rings is 1. The van der Waals surface area contributed by atoms with E-state index >= 15 is 0 Å². The second-order valence-electron chi connectivity index (χ2n) is 4.32. The zero-order chi connectivity index (χ0) is 11.9. The molecule has 0 aliphatic rings. The monoisotopic (exact) mass is 215 g/mol. The average molecular weight is 215 g/mol. The smallest absolute Gasteiger partial charge is 0.145 e. The molecule has 0 amide bonds. The summed E-state index contributed by atoms with van der Waals surface area (Å²) in [5.74, 6) is 0.533. The van der Waals surface area contributed by atoms with E-state index in [1.54, 1.807) is 0 Å². The van der Waals surface area contributed by atoms with Crippen LogP contribution in [0.2, 0.25) is 0 Å². The zero-order valence-corrected chi connectivity index (χ0v) is 10.2. The summed E-state index contributed by atoms with van der Waals surface area (Å²) in [5.41, 5.74) is 13.1. The molecule has 0 saturated heterocycles. The summed E-state index contributed by atoms with van der Waals surface area (Å²) in [6.45, 7) is 8.57. The molecule has 1 heterocycles. The second-order valence-corrected chi connectivity index (χ2v) is 4.32. The van der Waals surface area contributed by atoms with Crippen molar-refractivity contribution in [2.75, 3.05) is 5.73 Å². The Hall–Kier alpha value is -1.77. The molecule has 0 atom stereocenters. The number of H-pyrrole nitrogens is 1. The molecule has 0 aliphatic carbocycles. The van der Waals surface area contributed by atoms with Crippen LogP contribution in [-0.4, -0.2) is 10.2 Å². The summed E-state index contributed by atoms with van der Waals surface area (Å²) in [7, 11) is 0. The van der Waals surface area contributed by atoms with Gasteiger partial charge in [0.1, 0.15) is 5.82 Å². The fraction of sp³-hybridized carbons (Fsp3) is 0.308. The molecule has 0 aliphatic heterocycles. The van der Waals surface area contributed by atoms with Crippen molar-refractivity contribution in [2.45, 2.75) is 27.7 Å². The molecular weight excluding hydrogens is 198 g/mol. The van der Waals surface area contributed by atoms with Crippen LogP contribution in [0.15, 0.2) is 12.1 Å². The molecule has 0 unspecified atom stereocenters. The molecule has 0 saturated carbocycles. The summed E-state index contributed by atoms with van der Waals surface area (Å²) in [4.78, 5) is 0. The van der Waals surface area contributed by atoms with Crippen LogP contribution in [0, 0.1) is 27.7 Å². The van der Waals surface area contributed by atoms with E-state index in [1.807, 2.05) is 6.07 Å². The normalized spacial score (nSPS) is 10.8. The van der Waals surface area contributed by atoms with Gasteiger partial charge in [0, 0.05) is 11.6 Å². The maximum Gasteiger partial charge on any atom is 0.145 e. The third-order valence-corrected chi connectivity index (χ3v) is 3.37. The van der Waals surface area contributed by atoms with Crippen LogP contribution in [0.5, 0.6) is 0 Å². The lowest BCUT2D eigenvalue weighted by atomic mass is 9.93.